The van der Waals surface area contributed by atoms with Crippen LogP contribution in [0.1, 0.15) is 24.8 Å². The van der Waals surface area contributed by atoms with Crippen LogP contribution in [0.4, 0.5) is 0 Å². The highest BCUT2D eigenvalue weighted by Crippen LogP contribution is 2.37. The Bertz CT molecular complexity index is 638. The fourth-order valence-electron chi connectivity index (χ4n) is 2.53. The first-order chi connectivity index (χ1) is 10.1. The van der Waals surface area contributed by atoms with Crippen molar-refractivity contribution in [3.05, 3.63) is 42.0 Å². The number of carbonyl (C=O) groups is 1. The van der Waals surface area contributed by atoms with Gasteiger partial charge in [0.15, 0.2) is 0 Å². The second-order valence-electron chi connectivity index (χ2n) is 4.78. The fourth-order valence-corrected chi connectivity index (χ4v) is 2.90. The van der Waals surface area contributed by atoms with E-state index < -0.39 is 5.38 Å². The van der Waals surface area contributed by atoms with Gasteiger partial charge in [0.1, 0.15) is 11.1 Å². The van der Waals surface area contributed by atoms with Gasteiger partial charge in [-0.1, -0.05) is 30.3 Å². The molecule has 0 fully saturated rings. The first kappa shape index (κ1) is 15.6. The molecule has 0 radical (unpaired) electrons. The van der Waals surface area contributed by atoms with E-state index in [2.05, 4.69) is 0 Å². The fraction of sp³-hybridized carbons (Fsp3) is 0.353. The zero-order valence-electron chi connectivity index (χ0n) is 12.6. The van der Waals surface area contributed by atoms with Gasteiger partial charge in [0.25, 0.3) is 0 Å². The van der Waals surface area contributed by atoms with Gasteiger partial charge in [-0.25, -0.2) is 0 Å². The standard InChI is InChI=1S/C17H20ClNO2/c1-4-19(5-2)17(20)16(18)15-13-9-7-6-8-12(13)10-11-14(15)21-3/h6-11,16H,4-5H2,1-3H3. The van der Waals surface area contributed by atoms with Crippen molar-refractivity contribution >= 4 is 28.3 Å². The maximum absolute atomic E-state index is 12.6. The van der Waals surface area contributed by atoms with Crippen molar-refractivity contribution in [3.8, 4) is 5.75 Å². The number of amides is 1. The van der Waals surface area contributed by atoms with Gasteiger partial charge >= 0.3 is 0 Å². The number of carbonyl (C=O) groups excluding carboxylic acids is 1. The summed E-state index contributed by atoms with van der Waals surface area (Å²) in [7, 11) is 1.60. The molecule has 0 saturated heterocycles. The van der Waals surface area contributed by atoms with Gasteiger partial charge in [-0.2, -0.15) is 0 Å². The van der Waals surface area contributed by atoms with E-state index in [-0.39, 0.29) is 5.91 Å². The minimum atomic E-state index is -0.744. The van der Waals surface area contributed by atoms with Crippen LogP contribution in [0.2, 0.25) is 0 Å². The van der Waals surface area contributed by atoms with Gasteiger partial charge in [-0.3, -0.25) is 4.79 Å². The van der Waals surface area contributed by atoms with Crippen LogP contribution in [-0.4, -0.2) is 31.0 Å². The monoisotopic (exact) mass is 305 g/mol. The molecule has 0 aliphatic carbocycles. The van der Waals surface area contributed by atoms with Crippen molar-refractivity contribution < 1.29 is 9.53 Å². The maximum atomic E-state index is 12.6. The Hall–Kier alpha value is -1.74. The van der Waals surface area contributed by atoms with Crippen molar-refractivity contribution in [2.45, 2.75) is 19.2 Å². The predicted octanol–water partition coefficient (Wildman–Crippen LogP) is 4.00. The normalized spacial score (nSPS) is 12.2. The number of rotatable bonds is 5. The maximum Gasteiger partial charge on any atom is 0.245 e. The number of likely N-dealkylation sites (N-methyl/N-ethyl adjacent to an activating group) is 1. The third kappa shape index (κ3) is 2.98. The number of hydrogen-bond donors (Lipinski definition) is 0. The Morgan fingerprint density at radius 1 is 1.19 bits per heavy atom. The van der Waals surface area contributed by atoms with Gasteiger partial charge in [0.2, 0.25) is 5.91 Å². The van der Waals surface area contributed by atoms with Crippen LogP contribution in [0, 0.1) is 0 Å². The van der Waals surface area contributed by atoms with E-state index in [1.165, 1.54) is 0 Å². The zero-order chi connectivity index (χ0) is 15.4. The van der Waals surface area contributed by atoms with E-state index in [1.807, 2.05) is 50.2 Å². The lowest BCUT2D eigenvalue weighted by Gasteiger charge is -2.23. The highest BCUT2D eigenvalue weighted by atomic mass is 35.5. The molecule has 1 unspecified atom stereocenters. The Morgan fingerprint density at radius 3 is 2.48 bits per heavy atom. The molecule has 0 N–H and O–H groups in total. The summed E-state index contributed by atoms with van der Waals surface area (Å²) in [5, 5.41) is 1.26. The predicted molar refractivity (Wildman–Crippen MR) is 87.0 cm³/mol. The van der Waals surface area contributed by atoms with Gasteiger partial charge in [-0.05, 0) is 30.7 Å². The first-order valence-corrected chi connectivity index (χ1v) is 7.56. The number of ether oxygens (including phenoxy) is 1. The summed E-state index contributed by atoms with van der Waals surface area (Å²) >= 11 is 6.50. The van der Waals surface area contributed by atoms with E-state index >= 15 is 0 Å². The van der Waals surface area contributed by atoms with E-state index in [4.69, 9.17) is 16.3 Å². The molecule has 2 aromatic carbocycles. The number of halogens is 1. The number of nitrogens with zero attached hydrogens (tertiary/aromatic N) is 1. The summed E-state index contributed by atoms with van der Waals surface area (Å²) in [6.07, 6.45) is 0. The molecule has 2 rings (SSSR count). The number of benzene rings is 2. The topological polar surface area (TPSA) is 29.5 Å². The summed E-state index contributed by atoms with van der Waals surface area (Å²) in [6.45, 7) is 5.19. The van der Waals surface area contributed by atoms with E-state index in [9.17, 15) is 4.79 Å². The Kier molecular flexibility index (Phi) is 5.07. The zero-order valence-corrected chi connectivity index (χ0v) is 13.4. The SMILES string of the molecule is CCN(CC)C(=O)C(Cl)c1c(OC)ccc2ccccc12. The molecule has 2 aromatic rings. The molecule has 0 bridgehead atoms. The van der Waals surface area contributed by atoms with E-state index in [1.54, 1.807) is 12.0 Å². The van der Waals surface area contributed by atoms with Gasteiger partial charge < -0.3 is 9.64 Å². The highest BCUT2D eigenvalue weighted by molar-refractivity contribution is 6.32. The smallest absolute Gasteiger partial charge is 0.245 e. The highest BCUT2D eigenvalue weighted by Gasteiger charge is 2.26. The quantitative estimate of drug-likeness (QED) is 0.782. The van der Waals surface area contributed by atoms with Crippen molar-refractivity contribution in [3.63, 3.8) is 0 Å². The molecule has 0 aromatic heterocycles. The van der Waals surface area contributed by atoms with Gasteiger partial charge in [0.05, 0.1) is 7.11 Å². The van der Waals surface area contributed by atoms with E-state index in [0.29, 0.717) is 18.8 Å². The van der Waals surface area contributed by atoms with Crippen molar-refractivity contribution in [1.82, 2.24) is 4.90 Å². The second-order valence-corrected chi connectivity index (χ2v) is 5.21. The number of methoxy groups -OCH3 is 1. The molecule has 0 aliphatic heterocycles. The largest absolute Gasteiger partial charge is 0.496 e. The first-order valence-electron chi connectivity index (χ1n) is 7.12. The van der Waals surface area contributed by atoms with Crippen LogP contribution in [0.15, 0.2) is 36.4 Å². The van der Waals surface area contributed by atoms with Crippen LogP contribution in [0.3, 0.4) is 0 Å². The molecule has 112 valence electrons. The van der Waals surface area contributed by atoms with Crippen molar-refractivity contribution in [1.29, 1.82) is 0 Å². The summed E-state index contributed by atoms with van der Waals surface area (Å²) in [6, 6.07) is 11.7. The van der Waals surface area contributed by atoms with Crippen LogP contribution in [0.5, 0.6) is 5.75 Å². The van der Waals surface area contributed by atoms with Gasteiger partial charge in [-0.15, -0.1) is 11.6 Å². The van der Waals surface area contributed by atoms with Crippen LogP contribution in [-0.2, 0) is 4.79 Å². The Labute approximate surface area is 130 Å². The van der Waals surface area contributed by atoms with Crippen LogP contribution in [0.25, 0.3) is 10.8 Å². The average Bonchev–Trinajstić information content (AvgIpc) is 2.54. The molecule has 3 nitrogen and oxygen atoms in total. The molecule has 0 aliphatic rings. The third-order valence-electron chi connectivity index (χ3n) is 3.70. The van der Waals surface area contributed by atoms with E-state index in [0.717, 1.165) is 16.3 Å². The summed E-state index contributed by atoms with van der Waals surface area (Å²) < 4.78 is 5.42. The molecule has 0 heterocycles. The molecule has 1 amide bonds. The Morgan fingerprint density at radius 2 is 1.86 bits per heavy atom. The number of fused-ring (bicyclic) bond motifs is 1. The lowest BCUT2D eigenvalue weighted by Crippen LogP contribution is -2.33. The minimum absolute atomic E-state index is 0.0867. The summed E-state index contributed by atoms with van der Waals surface area (Å²) in [5.74, 6) is 0.561. The molecule has 4 heteroatoms. The van der Waals surface area contributed by atoms with Crippen molar-refractivity contribution in [2.75, 3.05) is 20.2 Å². The lowest BCUT2D eigenvalue weighted by molar-refractivity contribution is -0.130. The average molecular weight is 306 g/mol. The molecule has 0 spiro atoms. The van der Waals surface area contributed by atoms with Gasteiger partial charge in [0, 0.05) is 18.7 Å². The summed E-state index contributed by atoms with van der Waals surface area (Å²) in [4.78, 5) is 14.3. The minimum Gasteiger partial charge on any atom is -0.496 e. The lowest BCUT2D eigenvalue weighted by atomic mass is 10.00. The summed E-state index contributed by atoms with van der Waals surface area (Å²) in [5.41, 5.74) is 0.745. The second kappa shape index (κ2) is 6.81. The van der Waals surface area contributed by atoms with Crippen LogP contribution >= 0.6 is 11.6 Å². The molecular formula is C17H20ClNO2. The van der Waals surface area contributed by atoms with Crippen molar-refractivity contribution in [2.24, 2.45) is 0 Å². The molecular weight excluding hydrogens is 286 g/mol. The number of hydrogen-bond acceptors (Lipinski definition) is 2. The number of alkyl halides is 1. The molecule has 21 heavy (non-hydrogen) atoms. The third-order valence-corrected chi connectivity index (χ3v) is 4.10. The van der Waals surface area contributed by atoms with Crippen LogP contribution < -0.4 is 4.74 Å². The Balaban J connectivity index is 2.55. The molecule has 1 atom stereocenters. The molecule has 0 saturated carbocycles.